The highest BCUT2D eigenvalue weighted by atomic mass is 32.2. The van der Waals surface area contributed by atoms with Gasteiger partial charge in [-0.1, -0.05) is 42.1 Å². The van der Waals surface area contributed by atoms with Gasteiger partial charge >= 0.3 is 11.8 Å². The third-order valence-corrected chi connectivity index (χ3v) is 3.78. The summed E-state index contributed by atoms with van der Waals surface area (Å²) in [5, 5.41) is -0.598. The maximum atomic E-state index is 13.4. The van der Waals surface area contributed by atoms with E-state index in [1.54, 1.807) is 6.07 Å². The van der Waals surface area contributed by atoms with Crippen molar-refractivity contribution >= 4 is 16.9 Å². The molecule has 0 unspecified atom stereocenters. The third-order valence-electron chi connectivity index (χ3n) is 2.87. The summed E-state index contributed by atoms with van der Waals surface area (Å²) in [4.78, 5) is 11.6. The van der Waals surface area contributed by atoms with Gasteiger partial charge in [-0.25, -0.2) is 13.2 Å². The van der Waals surface area contributed by atoms with Crippen LogP contribution in [-0.2, 0) is 0 Å². The van der Waals surface area contributed by atoms with Gasteiger partial charge in [0.25, 0.3) is 5.92 Å². The molecule has 0 saturated heterocycles. The fourth-order valence-corrected chi connectivity index (χ4v) is 2.46. The number of hydrogen-bond acceptors (Lipinski definition) is 2. The zero-order valence-electron chi connectivity index (χ0n) is 11.7. The van der Waals surface area contributed by atoms with Crippen molar-refractivity contribution in [3.63, 3.8) is 0 Å². The van der Waals surface area contributed by atoms with Crippen LogP contribution in [0.2, 0.25) is 0 Å². The van der Waals surface area contributed by atoms with Crippen LogP contribution in [0.3, 0.4) is 0 Å². The molecule has 0 atom stereocenters. The molecule has 0 radical (unpaired) electrons. The van der Waals surface area contributed by atoms with Crippen LogP contribution in [0.1, 0.15) is 23.2 Å². The van der Waals surface area contributed by atoms with Gasteiger partial charge in [0.1, 0.15) is 0 Å². The van der Waals surface area contributed by atoms with Gasteiger partial charge in [0.2, 0.25) is 5.12 Å². The summed E-state index contributed by atoms with van der Waals surface area (Å²) in [5.41, 5.74) is 0.205. The molecule has 23 heavy (non-hydrogen) atoms. The number of halogens is 7. The van der Waals surface area contributed by atoms with Crippen LogP contribution in [0.5, 0.6) is 0 Å². The van der Waals surface area contributed by atoms with Gasteiger partial charge in [0.15, 0.2) is 6.67 Å². The molecule has 130 valence electrons. The molecule has 0 heterocycles. The summed E-state index contributed by atoms with van der Waals surface area (Å²) in [7, 11) is 0. The Kier molecular flexibility index (Phi) is 6.49. The molecule has 9 heteroatoms. The monoisotopic (exact) mass is 362 g/mol. The summed E-state index contributed by atoms with van der Waals surface area (Å²) in [6.07, 6.45) is -4.06. The second-order valence-electron chi connectivity index (χ2n) is 4.83. The molecule has 0 fully saturated rings. The van der Waals surface area contributed by atoms with E-state index in [1.807, 2.05) is 0 Å². The predicted octanol–water partition coefficient (Wildman–Crippen LogP) is 5.22. The number of thioether (sulfide) groups is 1. The molecule has 1 rings (SSSR count). The van der Waals surface area contributed by atoms with Crippen LogP contribution >= 0.6 is 11.8 Å². The van der Waals surface area contributed by atoms with Gasteiger partial charge in [0, 0.05) is 17.7 Å². The summed E-state index contributed by atoms with van der Waals surface area (Å²) in [5.74, 6) is -15.0. The molecule has 0 bridgehead atoms. The Bertz CT molecular complexity index is 519. The maximum Gasteiger partial charge on any atom is 0.316 e. The second kappa shape index (κ2) is 7.55. The van der Waals surface area contributed by atoms with E-state index in [2.05, 4.69) is 0 Å². The van der Waals surface area contributed by atoms with Crippen LogP contribution in [0.15, 0.2) is 30.3 Å². The first kappa shape index (κ1) is 19.8. The van der Waals surface area contributed by atoms with Crippen molar-refractivity contribution in [1.82, 2.24) is 0 Å². The van der Waals surface area contributed by atoms with Crippen molar-refractivity contribution in [3.8, 4) is 0 Å². The van der Waals surface area contributed by atoms with Crippen molar-refractivity contribution in [2.75, 3.05) is 12.4 Å². The van der Waals surface area contributed by atoms with E-state index in [0.29, 0.717) is 11.8 Å². The van der Waals surface area contributed by atoms with Crippen LogP contribution < -0.4 is 0 Å². The Morgan fingerprint density at radius 2 is 1.52 bits per heavy atom. The molecule has 1 aromatic rings. The first-order valence-electron chi connectivity index (χ1n) is 6.42. The minimum atomic E-state index is -5.07. The lowest BCUT2D eigenvalue weighted by atomic mass is 10.0. The van der Waals surface area contributed by atoms with Crippen molar-refractivity contribution in [2.24, 2.45) is 0 Å². The van der Waals surface area contributed by atoms with Gasteiger partial charge < -0.3 is 0 Å². The molecule has 0 spiro atoms. The molecule has 0 aliphatic rings. The van der Waals surface area contributed by atoms with Gasteiger partial charge in [0.05, 0.1) is 6.42 Å². The molecule has 1 nitrogen and oxygen atoms in total. The average Bonchev–Trinajstić information content (AvgIpc) is 2.46. The van der Waals surface area contributed by atoms with E-state index in [-0.39, 0.29) is 5.56 Å². The summed E-state index contributed by atoms with van der Waals surface area (Å²) >= 11 is 0.382. The van der Waals surface area contributed by atoms with E-state index >= 15 is 0 Å². The Morgan fingerprint density at radius 3 is 2.04 bits per heavy atom. The summed E-state index contributed by atoms with van der Waals surface area (Å²) in [6.45, 7) is -2.44. The Balaban J connectivity index is 2.59. The van der Waals surface area contributed by atoms with Crippen LogP contribution in [0.4, 0.5) is 30.7 Å². The molecule has 0 aromatic heterocycles. The van der Waals surface area contributed by atoms with Gasteiger partial charge in [-0.2, -0.15) is 17.6 Å². The molecular weight excluding hydrogens is 349 g/mol. The van der Waals surface area contributed by atoms with Crippen molar-refractivity contribution < 1.29 is 35.5 Å². The van der Waals surface area contributed by atoms with Gasteiger partial charge in [-0.3, -0.25) is 4.79 Å². The fraction of sp³-hybridized carbons (Fsp3) is 0.500. The highest BCUT2D eigenvalue weighted by Crippen LogP contribution is 2.44. The number of benzene rings is 1. The zero-order chi connectivity index (χ0) is 17.7. The number of alkyl halides is 7. The summed E-state index contributed by atoms with van der Waals surface area (Å²) < 4.78 is 90.3. The lowest BCUT2D eigenvalue weighted by Crippen LogP contribution is -2.45. The van der Waals surface area contributed by atoms with Crippen LogP contribution in [0, 0.1) is 0 Å². The Labute approximate surface area is 132 Å². The minimum Gasteiger partial charge on any atom is -0.282 e. The fourth-order valence-electron chi connectivity index (χ4n) is 1.61. The molecule has 0 amide bonds. The molecule has 0 aliphatic carbocycles. The van der Waals surface area contributed by atoms with E-state index in [0.717, 1.165) is 0 Å². The topological polar surface area (TPSA) is 17.1 Å². The highest BCUT2D eigenvalue weighted by Gasteiger charge is 2.59. The maximum absolute atomic E-state index is 13.4. The predicted molar refractivity (Wildman–Crippen MR) is 73.3 cm³/mol. The normalized spacial score (nSPS) is 13.2. The number of rotatable bonds is 8. The number of hydrogen-bond donors (Lipinski definition) is 0. The van der Waals surface area contributed by atoms with Crippen molar-refractivity contribution in [2.45, 2.75) is 30.6 Å². The average molecular weight is 362 g/mol. The molecule has 0 aliphatic heterocycles. The summed E-state index contributed by atoms with van der Waals surface area (Å²) in [6, 6.07) is 7.54. The standard InChI is InChI=1S/C14H13F7OS/c15-9-12(16,17)8-14(20,21)13(18,19)6-7-23-11(22)10-4-2-1-3-5-10/h1-5H,6-9H2. The molecular formula is C14H13F7OS. The van der Waals surface area contributed by atoms with E-state index in [4.69, 9.17) is 0 Å². The lowest BCUT2D eigenvalue weighted by molar-refractivity contribution is -0.240. The van der Waals surface area contributed by atoms with E-state index < -0.39 is 48.2 Å². The lowest BCUT2D eigenvalue weighted by Gasteiger charge is -2.28. The van der Waals surface area contributed by atoms with E-state index in [9.17, 15) is 35.5 Å². The number of carbonyl (C=O) groups excluding carboxylic acids is 1. The van der Waals surface area contributed by atoms with Gasteiger partial charge in [-0.05, 0) is 0 Å². The Hall–Kier alpha value is -1.25. The van der Waals surface area contributed by atoms with Crippen LogP contribution in [0.25, 0.3) is 0 Å². The second-order valence-corrected chi connectivity index (χ2v) is 5.89. The highest BCUT2D eigenvalue weighted by molar-refractivity contribution is 8.14. The smallest absolute Gasteiger partial charge is 0.282 e. The Morgan fingerprint density at radius 1 is 0.957 bits per heavy atom. The number of carbonyl (C=O) groups is 1. The SMILES string of the molecule is O=C(SCCC(F)(F)C(F)(F)CC(F)(F)CF)c1ccccc1. The zero-order valence-corrected chi connectivity index (χ0v) is 12.5. The van der Waals surface area contributed by atoms with Crippen molar-refractivity contribution in [3.05, 3.63) is 35.9 Å². The van der Waals surface area contributed by atoms with Crippen molar-refractivity contribution in [1.29, 1.82) is 0 Å². The van der Waals surface area contributed by atoms with Gasteiger partial charge in [-0.15, -0.1) is 0 Å². The largest absolute Gasteiger partial charge is 0.316 e. The quantitative estimate of drug-likeness (QED) is 0.590. The third kappa shape index (κ3) is 5.71. The molecule has 1 aromatic carbocycles. The molecule has 0 N–H and O–H groups in total. The minimum absolute atomic E-state index is 0.205. The van der Waals surface area contributed by atoms with E-state index in [1.165, 1.54) is 24.3 Å². The first-order chi connectivity index (χ1) is 10.5. The first-order valence-corrected chi connectivity index (χ1v) is 7.41. The van der Waals surface area contributed by atoms with Crippen LogP contribution in [-0.4, -0.2) is 35.3 Å². The molecule has 0 saturated carbocycles.